The monoisotopic (exact) mass is 516 g/mol. The van der Waals surface area contributed by atoms with Gasteiger partial charge in [-0.3, -0.25) is 19.0 Å². The van der Waals surface area contributed by atoms with Crippen LogP contribution in [0.25, 0.3) is 10.2 Å². The van der Waals surface area contributed by atoms with Crippen molar-refractivity contribution < 1.29 is 18.0 Å². The maximum atomic E-state index is 13.3. The number of hydrogen-bond acceptors (Lipinski definition) is 6. The van der Waals surface area contributed by atoms with Crippen molar-refractivity contribution in [2.45, 2.75) is 37.8 Å². The van der Waals surface area contributed by atoms with E-state index in [4.69, 9.17) is 0 Å². The molecule has 9 nitrogen and oxygen atoms in total. The summed E-state index contributed by atoms with van der Waals surface area (Å²) in [5.41, 5.74) is 1.18. The van der Waals surface area contributed by atoms with Crippen LogP contribution in [-0.4, -0.2) is 66.2 Å². The lowest BCUT2D eigenvalue weighted by atomic mass is 10.2. The number of rotatable bonds is 6. The first kappa shape index (κ1) is 25.1. The largest absolute Gasteiger partial charge is 0.341 e. The standard InChI is InChI=1S/C24H28N4O5S2/c1-16(2)28-20-10-9-19(15-21(20)34-24(28)31)35(32,33)27-13-11-26(12-14-27)23(30)17(3)25-22(29)18-7-5-4-6-8-18/h4-10,15-17H,11-14H2,1-3H3,(H,25,29)/t17-/m0/s1. The number of hydrogen-bond donors (Lipinski definition) is 1. The smallest absolute Gasteiger partial charge is 0.308 e. The lowest BCUT2D eigenvalue weighted by Gasteiger charge is -2.35. The summed E-state index contributed by atoms with van der Waals surface area (Å²) in [6.07, 6.45) is 0. The van der Waals surface area contributed by atoms with Gasteiger partial charge in [-0.2, -0.15) is 4.31 Å². The number of aromatic nitrogens is 1. The van der Waals surface area contributed by atoms with E-state index in [2.05, 4.69) is 5.32 Å². The second-order valence-corrected chi connectivity index (χ2v) is 11.7. The van der Waals surface area contributed by atoms with Crippen LogP contribution in [0.15, 0.2) is 58.2 Å². The zero-order chi connectivity index (χ0) is 25.3. The number of nitrogens with zero attached hydrogens (tertiary/aromatic N) is 3. The maximum Gasteiger partial charge on any atom is 0.308 e. The number of carbonyl (C=O) groups is 2. The van der Waals surface area contributed by atoms with Crippen LogP contribution in [0.2, 0.25) is 0 Å². The van der Waals surface area contributed by atoms with Gasteiger partial charge < -0.3 is 10.2 Å². The van der Waals surface area contributed by atoms with E-state index in [9.17, 15) is 22.8 Å². The van der Waals surface area contributed by atoms with Gasteiger partial charge in [0.15, 0.2) is 0 Å². The van der Waals surface area contributed by atoms with Crippen molar-refractivity contribution >= 4 is 43.4 Å². The molecular formula is C24H28N4O5S2. The average Bonchev–Trinajstić information content (AvgIpc) is 3.19. The molecule has 1 aliphatic heterocycles. The fourth-order valence-corrected chi connectivity index (χ4v) is 6.75. The third kappa shape index (κ3) is 5.02. The highest BCUT2D eigenvalue weighted by Gasteiger charge is 2.32. The van der Waals surface area contributed by atoms with E-state index < -0.39 is 16.1 Å². The second-order valence-electron chi connectivity index (χ2n) is 8.75. The Bertz CT molecular complexity index is 1400. The molecule has 0 unspecified atom stereocenters. The van der Waals surface area contributed by atoms with E-state index in [1.54, 1.807) is 58.9 Å². The first-order valence-corrected chi connectivity index (χ1v) is 13.6. The number of carbonyl (C=O) groups excluding carboxylic acids is 2. The number of benzene rings is 2. The molecule has 1 N–H and O–H groups in total. The van der Waals surface area contributed by atoms with Crippen molar-refractivity contribution in [3.8, 4) is 0 Å². The number of nitrogens with one attached hydrogen (secondary N) is 1. The molecule has 0 saturated carbocycles. The Morgan fingerprint density at radius 2 is 1.63 bits per heavy atom. The number of fused-ring (bicyclic) bond motifs is 1. The minimum absolute atomic E-state index is 0.0239. The van der Waals surface area contributed by atoms with Crippen molar-refractivity contribution in [1.82, 2.24) is 19.1 Å². The zero-order valence-electron chi connectivity index (χ0n) is 19.8. The second kappa shape index (κ2) is 9.92. The molecule has 0 aliphatic carbocycles. The van der Waals surface area contributed by atoms with Gasteiger partial charge in [-0.15, -0.1) is 0 Å². The Morgan fingerprint density at radius 3 is 2.26 bits per heavy atom. The molecule has 0 spiro atoms. The van der Waals surface area contributed by atoms with Gasteiger partial charge in [-0.05, 0) is 51.1 Å². The van der Waals surface area contributed by atoms with Crippen molar-refractivity contribution in [3.63, 3.8) is 0 Å². The topological polar surface area (TPSA) is 109 Å². The van der Waals surface area contributed by atoms with Gasteiger partial charge in [0.25, 0.3) is 5.91 Å². The SMILES string of the molecule is CC(C)n1c(=O)sc2cc(S(=O)(=O)N3CCN(C(=O)[C@H](C)NC(=O)c4ccccc4)CC3)ccc21. The highest BCUT2D eigenvalue weighted by Crippen LogP contribution is 2.26. The lowest BCUT2D eigenvalue weighted by Crippen LogP contribution is -2.55. The summed E-state index contributed by atoms with van der Waals surface area (Å²) in [5, 5.41) is 2.70. The molecule has 11 heteroatoms. The molecule has 1 saturated heterocycles. The highest BCUT2D eigenvalue weighted by molar-refractivity contribution is 7.89. The highest BCUT2D eigenvalue weighted by atomic mass is 32.2. The summed E-state index contributed by atoms with van der Waals surface area (Å²) < 4.78 is 30.1. The van der Waals surface area contributed by atoms with Gasteiger partial charge in [0, 0.05) is 37.8 Å². The van der Waals surface area contributed by atoms with Crippen molar-refractivity contribution in [2.24, 2.45) is 0 Å². The fourth-order valence-electron chi connectivity index (χ4n) is 4.17. The number of piperazine rings is 1. The number of thiazole rings is 1. The normalized spacial score (nSPS) is 15.9. The van der Waals surface area contributed by atoms with E-state index in [1.807, 2.05) is 13.8 Å². The molecule has 1 aliphatic rings. The molecule has 186 valence electrons. The molecule has 1 aromatic heterocycles. The molecule has 4 rings (SSSR count). The van der Waals surface area contributed by atoms with Gasteiger partial charge in [0.2, 0.25) is 15.9 Å². The number of sulfonamides is 1. The van der Waals surface area contributed by atoms with Crippen LogP contribution in [-0.2, 0) is 14.8 Å². The molecule has 2 aromatic carbocycles. The first-order chi connectivity index (χ1) is 16.6. The summed E-state index contributed by atoms with van der Waals surface area (Å²) in [4.78, 5) is 39.1. The van der Waals surface area contributed by atoms with E-state index in [1.165, 1.54) is 10.4 Å². The minimum Gasteiger partial charge on any atom is -0.341 e. The van der Waals surface area contributed by atoms with Gasteiger partial charge in [-0.1, -0.05) is 29.5 Å². The summed E-state index contributed by atoms with van der Waals surface area (Å²) in [6, 6.07) is 12.6. The van der Waals surface area contributed by atoms with Crippen LogP contribution in [0.1, 0.15) is 37.2 Å². The van der Waals surface area contributed by atoms with Crippen LogP contribution >= 0.6 is 11.3 Å². The van der Waals surface area contributed by atoms with Gasteiger partial charge in [0.05, 0.1) is 15.1 Å². The van der Waals surface area contributed by atoms with E-state index >= 15 is 0 Å². The molecular weight excluding hydrogens is 488 g/mol. The van der Waals surface area contributed by atoms with Gasteiger partial charge in [0.1, 0.15) is 6.04 Å². The molecule has 3 aromatic rings. The van der Waals surface area contributed by atoms with Crippen molar-refractivity contribution in [2.75, 3.05) is 26.2 Å². The van der Waals surface area contributed by atoms with Crippen LogP contribution < -0.4 is 10.2 Å². The van der Waals surface area contributed by atoms with Crippen molar-refractivity contribution in [3.05, 3.63) is 63.8 Å². The predicted molar refractivity (Wildman–Crippen MR) is 135 cm³/mol. The summed E-state index contributed by atoms with van der Waals surface area (Å²) >= 11 is 1.03. The summed E-state index contributed by atoms with van der Waals surface area (Å²) in [7, 11) is -3.78. The summed E-state index contributed by atoms with van der Waals surface area (Å²) in [6.45, 7) is 6.19. The fraction of sp³-hybridized carbons (Fsp3) is 0.375. The Morgan fingerprint density at radius 1 is 0.971 bits per heavy atom. The molecule has 2 heterocycles. The van der Waals surface area contributed by atoms with Crippen LogP contribution in [0, 0.1) is 0 Å². The van der Waals surface area contributed by atoms with Crippen LogP contribution in [0.4, 0.5) is 0 Å². The maximum absolute atomic E-state index is 13.3. The molecule has 35 heavy (non-hydrogen) atoms. The Kier molecular flexibility index (Phi) is 7.11. The predicted octanol–water partition coefficient (Wildman–Crippen LogP) is 2.30. The van der Waals surface area contributed by atoms with Crippen LogP contribution in [0.3, 0.4) is 0 Å². The minimum atomic E-state index is -3.78. The third-order valence-electron chi connectivity index (χ3n) is 6.04. The number of amides is 2. The third-order valence-corrected chi connectivity index (χ3v) is 8.86. The quantitative estimate of drug-likeness (QED) is 0.541. The average molecular weight is 517 g/mol. The van der Waals surface area contributed by atoms with Crippen molar-refractivity contribution in [1.29, 1.82) is 0 Å². The zero-order valence-corrected chi connectivity index (χ0v) is 21.4. The molecule has 0 bridgehead atoms. The molecule has 1 fully saturated rings. The Hall–Kier alpha value is -3.02. The summed E-state index contributed by atoms with van der Waals surface area (Å²) in [5.74, 6) is -0.593. The lowest BCUT2D eigenvalue weighted by molar-refractivity contribution is -0.134. The van der Waals surface area contributed by atoms with Gasteiger partial charge >= 0.3 is 4.87 Å². The molecule has 0 radical (unpaired) electrons. The Balaban J connectivity index is 1.41. The van der Waals surface area contributed by atoms with E-state index in [0.29, 0.717) is 10.3 Å². The molecule has 2 amide bonds. The van der Waals surface area contributed by atoms with Crippen LogP contribution in [0.5, 0.6) is 0 Å². The molecule has 1 atom stereocenters. The van der Waals surface area contributed by atoms with E-state index in [-0.39, 0.29) is 53.8 Å². The first-order valence-electron chi connectivity index (χ1n) is 11.4. The van der Waals surface area contributed by atoms with Gasteiger partial charge in [-0.25, -0.2) is 8.42 Å². The van der Waals surface area contributed by atoms with E-state index in [0.717, 1.165) is 16.9 Å². The Labute approximate surface area is 208 Å².